The van der Waals surface area contributed by atoms with E-state index in [0.717, 1.165) is 44.8 Å². The number of pyridine rings is 1. The van der Waals surface area contributed by atoms with Crippen LogP contribution in [0.5, 0.6) is 0 Å². The Bertz CT molecular complexity index is 437. The van der Waals surface area contributed by atoms with Crippen molar-refractivity contribution in [3.05, 3.63) is 24.0 Å². The smallest absolute Gasteiger partial charge is 0.143 e. The number of nitrogens with one attached hydrogen (secondary N) is 1. The van der Waals surface area contributed by atoms with Crippen LogP contribution in [0.3, 0.4) is 0 Å². The second kappa shape index (κ2) is 6.49. The van der Waals surface area contributed by atoms with Gasteiger partial charge in [0.25, 0.3) is 0 Å². The Morgan fingerprint density at radius 3 is 2.95 bits per heavy atom. The van der Waals surface area contributed by atoms with Gasteiger partial charge in [-0.1, -0.05) is 0 Å². The van der Waals surface area contributed by atoms with E-state index >= 15 is 0 Å². The van der Waals surface area contributed by atoms with E-state index in [0.29, 0.717) is 5.69 Å². The van der Waals surface area contributed by atoms with Gasteiger partial charge in [-0.2, -0.15) is 0 Å². The highest BCUT2D eigenvalue weighted by molar-refractivity contribution is 5.98. The van der Waals surface area contributed by atoms with Crippen molar-refractivity contribution in [2.45, 2.75) is 6.42 Å². The van der Waals surface area contributed by atoms with Crippen molar-refractivity contribution < 1.29 is 5.11 Å². The fourth-order valence-electron chi connectivity index (χ4n) is 2.44. The number of hydrogen-bond acceptors (Lipinski definition) is 5. The van der Waals surface area contributed by atoms with Crippen LogP contribution >= 0.6 is 0 Å². The van der Waals surface area contributed by atoms with Gasteiger partial charge in [0.2, 0.25) is 0 Å². The number of rotatable bonds is 4. The molecular formula is C13H21N5O. The largest absolute Gasteiger partial charge is 0.395 e. The Balaban J connectivity index is 2.12. The van der Waals surface area contributed by atoms with Gasteiger partial charge < -0.3 is 15.7 Å². The number of nitrogen functional groups attached to an aromatic ring is 1. The predicted octanol–water partition coefficient (Wildman–Crippen LogP) is -0.130. The number of amidine groups is 1. The van der Waals surface area contributed by atoms with Crippen molar-refractivity contribution in [2.24, 2.45) is 5.73 Å². The van der Waals surface area contributed by atoms with Crippen LogP contribution in [0.15, 0.2) is 18.3 Å². The molecule has 0 saturated carbocycles. The average molecular weight is 263 g/mol. The number of nitrogens with two attached hydrogens (primary N) is 1. The summed E-state index contributed by atoms with van der Waals surface area (Å²) in [6.07, 6.45) is 2.70. The van der Waals surface area contributed by atoms with Crippen molar-refractivity contribution in [3.8, 4) is 0 Å². The summed E-state index contributed by atoms with van der Waals surface area (Å²) in [6, 6.07) is 3.84. The number of aliphatic hydroxyl groups is 1. The van der Waals surface area contributed by atoms with E-state index in [2.05, 4.69) is 14.8 Å². The number of nitrogens with zero attached hydrogens (tertiary/aromatic N) is 3. The summed E-state index contributed by atoms with van der Waals surface area (Å²) >= 11 is 0. The average Bonchev–Trinajstić information content (AvgIpc) is 2.65. The van der Waals surface area contributed by atoms with Gasteiger partial charge in [0.05, 0.1) is 12.3 Å². The summed E-state index contributed by atoms with van der Waals surface area (Å²) in [5.74, 6) is 0.00654. The topological polar surface area (TPSA) is 89.5 Å². The molecule has 0 aromatic carbocycles. The van der Waals surface area contributed by atoms with Crippen LogP contribution in [0.25, 0.3) is 0 Å². The maximum absolute atomic E-state index is 9.00. The number of aromatic nitrogens is 1. The Morgan fingerprint density at radius 2 is 2.21 bits per heavy atom. The van der Waals surface area contributed by atoms with Crippen LogP contribution in [0, 0.1) is 5.41 Å². The molecule has 0 atom stereocenters. The monoisotopic (exact) mass is 263 g/mol. The molecule has 1 aliphatic rings. The summed E-state index contributed by atoms with van der Waals surface area (Å²) in [5.41, 5.74) is 7.07. The third kappa shape index (κ3) is 3.42. The van der Waals surface area contributed by atoms with E-state index in [4.69, 9.17) is 16.2 Å². The third-order valence-electron chi connectivity index (χ3n) is 3.39. The van der Waals surface area contributed by atoms with E-state index in [1.807, 2.05) is 12.1 Å². The minimum atomic E-state index is 0.00654. The number of anilines is 1. The van der Waals surface area contributed by atoms with E-state index in [1.54, 1.807) is 6.20 Å². The molecule has 0 bridgehead atoms. The SMILES string of the molecule is N=C(N)c1ncccc1N1CCCN(CCO)CC1. The number of aliphatic hydroxyl groups excluding tert-OH is 1. The summed E-state index contributed by atoms with van der Waals surface area (Å²) in [5, 5.41) is 16.6. The maximum Gasteiger partial charge on any atom is 0.143 e. The fourth-order valence-corrected chi connectivity index (χ4v) is 2.44. The van der Waals surface area contributed by atoms with Gasteiger partial charge in [0, 0.05) is 32.4 Å². The second-order valence-electron chi connectivity index (χ2n) is 4.69. The van der Waals surface area contributed by atoms with Crippen LogP contribution in [0.1, 0.15) is 12.1 Å². The Morgan fingerprint density at radius 1 is 1.37 bits per heavy atom. The summed E-state index contributed by atoms with van der Waals surface area (Å²) < 4.78 is 0. The molecule has 2 heterocycles. The molecule has 0 spiro atoms. The first-order valence-electron chi connectivity index (χ1n) is 6.60. The zero-order valence-corrected chi connectivity index (χ0v) is 11.0. The summed E-state index contributed by atoms with van der Waals surface area (Å²) in [6.45, 7) is 4.62. The molecule has 6 heteroatoms. The molecule has 104 valence electrons. The van der Waals surface area contributed by atoms with E-state index < -0.39 is 0 Å². The van der Waals surface area contributed by atoms with Gasteiger partial charge in [-0.15, -0.1) is 0 Å². The summed E-state index contributed by atoms with van der Waals surface area (Å²) in [7, 11) is 0. The minimum Gasteiger partial charge on any atom is -0.395 e. The minimum absolute atomic E-state index is 0.00654. The maximum atomic E-state index is 9.00. The molecule has 0 radical (unpaired) electrons. The Hall–Kier alpha value is -1.66. The number of hydrogen-bond donors (Lipinski definition) is 3. The van der Waals surface area contributed by atoms with Gasteiger partial charge >= 0.3 is 0 Å². The van der Waals surface area contributed by atoms with Crippen molar-refractivity contribution in [3.63, 3.8) is 0 Å². The third-order valence-corrected chi connectivity index (χ3v) is 3.39. The zero-order chi connectivity index (χ0) is 13.7. The molecule has 0 unspecified atom stereocenters. The molecule has 19 heavy (non-hydrogen) atoms. The molecule has 2 rings (SSSR count). The standard InChI is InChI=1S/C13H21N5O/c14-13(15)12-11(3-1-4-16-12)18-6-2-5-17(7-8-18)9-10-19/h1,3-4,19H,2,5-10H2,(H3,14,15). The highest BCUT2D eigenvalue weighted by atomic mass is 16.3. The lowest BCUT2D eigenvalue weighted by atomic mass is 10.2. The molecular weight excluding hydrogens is 242 g/mol. The molecule has 0 amide bonds. The first-order valence-corrected chi connectivity index (χ1v) is 6.60. The molecule has 1 aliphatic heterocycles. The molecule has 6 nitrogen and oxygen atoms in total. The second-order valence-corrected chi connectivity index (χ2v) is 4.69. The van der Waals surface area contributed by atoms with Crippen molar-refractivity contribution in [2.75, 3.05) is 44.2 Å². The first-order chi connectivity index (χ1) is 9.22. The van der Waals surface area contributed by atoms with Crippen LogP contribution < -0.4 is 10.6 Å². The highest BCUT2D eigenvalue weighted by Crippen LogP contribution is 2.19. The molecule has 1 fully saturated rings. The highest BCUT2D eigenvalue weighted by Gasteiger charge is 2.18. The fraction of sp³-hybridized carbons (Fsp3) is 0.538. The van der Waals surface area contributed by atoms with E-state index in [-0.39, 0.29) is 12.4 Å². The molecule has 1 aromatic heterocycles. The normalized spacial score (nSPS) is 17.2. The lowest BCUT2D eigenvalue weighted by Gasteiger charge is -2.24. The van der Waals surface area contributed by atoms with Gasteiger partial charge in [0.1, 0.15) is 11.5 Å². The van der Waals surface area contributed by atoms with Crippen LogP contribution in [0.2, 0.25) is 0 Å². The lowest BCUT2D eigenvalue weighted by Crippen LogP contribution is -2.33. The lowest BCUT2D eigenvalue weighted by molar-refractivity contribution is 0.204. The quantitative estimate of drug-likeness (QED) is 0.520. The van der Waals surface area contributed by atoms with Crippen LogP contribution in [-0.4, -0.2) is 60.2 Å². The van der Waals surface area contributed by atoms with E-state index in [9.17, 15) is 0 Å². The van der Waals surface area contributed by atoms with Crippen molar-refractivity contribution in [1.82, 2.24) is 9.88 Å². The molecule has 4 N–H and O–H groups in total. The van der Waals surface area contributed by atoms with Gasteiger partial charge in [-0.3, -0.25) is 15.3 Å². The molecule has 1 saturated heterocycles. The molecule has 0 aliphatic carbocycles. The van der Waals surface area contributed by atoms with Gasteiger partial charge in [-0.05, 0) is 25.1 Å². The van der Waals surface area contributed by atoms with E-state index in [1.165, 1.54) is 0 Å². The first kappa shape index (κ1) is 13.8. The summed E-state index contributed by atoms with van der Waals surface area (Å²) in [4.78, 5) is 8.67. The van der Waals surface area contributed by atoms with Gasteiger partial charge in [-0.25, -0.2) is 0 Å². The van der Waals surface area contributed by atoms with Crippen LogP contribution in [0.4, 0.5) is 5.69 Å². The predicted molar refractivity (Wildman–Crippen MR) is 75.6 cm³/mol. The Kier molecular flexibility index (Phi) is 4.70. The molecule has 1 aromatic rings. The van der Waals surface area contributed by atoms with Crippen molar-refractivity contribution in [1.29, 1.82) is 5.41 Å². The van der Waals surface area contributed by atoms with Crippen molar-refractivity contribution >= 4 is 11.5 Å². The van der Waals surface area contributed by atoms with Crippen LogP contribution in [-0.2, 0) is 0 Å². The van der Waals surface area contributed by atoms with Gasteiger partial charge in [0.15, 0.2) is 0 Å². The number of β-amino-alcohol motifs (C(OH)–C–C–N with tert-alkyl or cyclic N) is 1. The Labute approximate surface area is 113 Å². The zero-order valence-electron chi connectivity index (χ0n) is 11.0.